The van der Waals surface area contributed by atoms with Crippen LogP contribution in [0.2, 0.25) is 0 Å². The van der Waals surface area contributed by atoms with Crippen LogP contribution < -0.4 is 10.2 Å². The Morgan fingerprint density at radius 2 is 2.17 bits per heavy atom. The van der Waals surface area contributed by atoms with E-state index >= 15 is 0 Å². The van der Waals surface area contributed by atoms with Gasteiger partial charge in [0, 0.05) is 56.1 Å². The normalized spacial score (nSPS) is 16.3. The number of hydrogen-bond acceptors (Lipinski definition) is 7. The summed E-state index contributed by atoms with van der Waals surface area (Å²) in [5, 5.41) is 2.93. The van der Waals surface area contributed by atoms with E-state index in [4.69, 9.17) is 9.72 Å². The first-order chi connectivity index (χ1) is 14.6. The molecule has 1 N–H and O–H groups in total. The van der Waals surface area contributed by atoms with Gasteiger partial charge >= 0.3 is 5.97 Å². The number of esters is 1. The number of nitrogens with zero attached hydrogens (tertiary/aromatic N) is 5. The summed E-state index contributed by atoms with van der Waals surface area (Å²) in [4.78, 5) is 39.4. The zero-order valence-electron chi connectivity index (χ0n) is 17.7. The highest BCUT2D eigenvalue weighted by Gasteiger charge is 2.26. The highest BCUT2D eigenvalue weighted by Crippen LogP contribution is 2.26. The second-order valence-corrected chi connectivity index (χ2v) is 7.44. The van der Waals surface area contributed by atoms with Crippen LogP contribution in [0, 0.1) is 6.92 Å². The minimum Gasteiger partial charge on any atom is -0.466 e. The Morgan fingerprint density at radius 1 is 1.30 bits per heavy atom. The van der Waals surface area contributed by atoms with E-state index in [1.165, 1.54) is 0 Å². The zero-order chi connectivity index (χ0) is 21.3. The van der Waals surface area contributed by atoms with E-state index in [0.29, 0.717) is 38.4 Å². The predicted molar refractivity (Wildman–Crippen MR) is 112 cm³/mol. The number of imidazole rings is 1. The maximum atomic E-state index is 12.5. The van der Waals surface area contributed by atoms with E-state index < -0.39 is 0 Å². The quantitative estimate of drug-likeness (QED) is 0.495. The number of carbonyl (C=O) groups excluding carboxylic acids is 2. The van der Waals surface area contributed by atoms with Gasteiger partial charge in [0.1, 0.15) is 12.1 Å². The van der Waals surface area contributed by atoms with E-state index in [9.17, 15) is 9.59 Å². The minimum absolute atomic E-state index is 0.00336. The summed E-state index contributed by atoms with van der Waals surface area (Å²) < 4.78 is 6.69. The lowest BCUT2D eigenvalue weighted by Crippen LogP contribution is -2.43. The molecule has 0 aliphatic carbocycles. The van der Waals surface area contributed by atoms with Crippen molar-refractivity contribution in [3.63, 3.8) is 0 Å². The van der Waals surface area contributed by atoms with Crippen molar-refractivity contribution >= 4 is 17.7 Å². The van der Waals surface area contributed by atoms with Crippen molar-refractivity contribution in [3.8, 4) is 5.95 Å². The number of piperidine rings is 1. The van der Waals surface area contributed by atoms with E-state index in [0.717, 1.165) is 37.3 Å². The molecule has 1 unspecified atom stereocenters. The Bertz CT molecular complexity index is 839. The molecular weight excluding hydrogens is 384 g/mol. The van der Waals surface area contributed by atoms with Crippen molar-refractivity contribution in [1.82, 2.24) is 24.8 Å². The van der Waals surface area contributed by atoms with Crippen molar-refractivity contribution in [1.29, 1.82) is 0 Å². The number of anilines is 1. The van der Waals surface area contributed by atoms with Crippen LogP contribution in [0.15, 0.2) is 24.8 Å². The summed E-state index contributed by atoms with van der Waals surface area (Å²) in [5.41, 5.74) is 0.872. The van der Waals surface area contributed by atoms with Gasteiger partial charge in [-0.15, -0.1) is 0 Å². The monoisotopic (exact) mass is 414 g/mol. The molecule has 1 atom stereocenters. The molecule has 162 valence electrons. The number of aromatic nitrogens is 4. The fraction of sp³-hybridized carbons (Fsp3) is 0.571. The third kappa shape index (κ3) is 6.01. The van der Waals surface area contributed by atoms with Crippen LogP contribution >= 0.6 is 0 Å². The SMILES string of the molecule is CCOC(=O)CCCNC(=O)CC1CCCCN1c1cc(C)nc(-n2ccnc2)n1. The lowest BCUT2D eigenvalue weighted by atomic mass is 9.99. The summed E-state index contributed by atoms with van der Waals surface area (Å²) in [7, 11) is 0. The molecule has 2 aromatic rings. The molecule has 9 heteroatoms. The molecule has 1 aliphatic rings. The number of hydrogen-bond donors (Lipinski definition) is 1. The number of rotatable bonds is 9. The maximum Gasteiger partial charge on any atom is 0.305 e. The van der Waals surface area contributed by atoms with Crippen molar-refractivity contribution in [2.24, 2.45) is 0 Å². The van der Waals surface area contributed by atoms with E-state index in [2.05, 4.69) is 20.2 Å². The molecule has 0 bridgehead atoms. The van der Waals surface area contributed by atoms with E-state index in [1.54, 1.807) is 24.0 Å². The van der Waals surface area contributed by atoms with Gasteiger partial charge < -0.3 is 15.0 Å². The maximum absolute atomic E-state index is 12.5. The van der Waals surface area contributed by atoms with Crippen LogP contribution in [-0.2, 0) is 14.3 Å². The molecule has 2 aromatic heterocycles. The molecule has 0 aromatic carbocycles. The molecule has 1 aliphatic heterocycles. The van der Waals surface area contributed by atoms with Gasteiger partial charge in [-0.2, -0.15) is 4.98 Å². The number of nitrogens with one attached hydrogen (secondary N) is 1. The summed E-state index contributed by atoms with van der Waals surface area (Å²) in [6.07, 6.45) is 9.60. The summed E-state index contributed by atoms with van der Waals surface area (Å²) >= 11 is 0. The van der Waals surface area contributed by atoms with Gasteiger partial charge in [0.15, 0.2) is 0 Å². The lowest BCUT2D eigenvalue weighted by molar-refractivity contribution is -0.143. The van der Waals surface area contributed by atoms with Crippen LogP contribution in [0.5, 0.6) is 0 Å². The fourth-order valence-corrected chi connectivity index (χ4v) is 3.67. The third-order valence-electron chi connectivity index (χ3n) is 5.09. The third-order valence-corrected chi connectivity index (χ3v) is 5.09. The van der Waals surface area contributed by atoms with Gasteiger partial charge in [0.05, 0.1) is 6.61 Å². The number of ether oxygens (including phenoxy) is 1. The topological polar surface area (TPSA) is 102 Å². The van der Waals surface area contributed by atoms with Gasteiger partial charge in [-0.25, -0.2) is 9.97 Å². The average molecular weight is 415 g/mol. The van der Waals surface area contributed by atoms with Crippen LogP contribution in [0.4, 0.5) is 5.82 Å². The molecule has 9 nitrogen and oxygen atoms in total. The molecular formula is C21H30N6O3. The molecule has 3 rings (SSSR count). The van der Waals surface area contributed by atoms with E-state index in [1.807, 2.05) is 19.2 Å². The molecule has 30 heavy (non-hydrogen) atoms. The molecule has 3 heterocycles. The molecule has 1 fully saturated rings. The molecule has 0 radical (unpaired) electrons. The predicted octanol–water partition coefficient (Wildman–Crippen LogP) is 2.18. The van der Waals surface area contributed by atoms with Gasteiger partial charge in [0.2, 0.25) is 11.9 Å². The smallest absolute Gasteiger partial charge is 0.305 e. The van der Waals surface area contributed by atoms with Crippen LogP contribution in [0.3, 0.4) is 0 Å². The lowest BCUT2D eigenvalue weighted by Gasteiger charge is -2.36. The summed E-state index contributed by atoms with van der Waals surface area (Å²) in [5.74, 6) is 1.19. The van der Waals surface area contributed by atoms with Crippen LogP contribution in [0.1, 0.15) is 51.1 Å². The van der Waals surface area contributed by atoms with E-state index in [-0.39, 0.29) is 17.9 Å². The molecule has 1 amide bonds. The van der Waals surface area contributed by atoms with Gasteiger partial charge in [-0.1, -0.05) is 0 Å². The standard InChI is InChI=1S/C21H30N6O3/c1-3-30-20(29)8-6-9-23-19(28)14-17-7-4-5-11-27(17)18-13-16(2)24-21(25-18)26-12-10-22-15-26/h10,12-13,15,17H,3-9,11,14H2,1-2H3,(H,23,28). The Kier molecular flexibility index (Phi) is 7.75. The van der Waals surface area contributed by atoms with Crippen LogP contribution in [-0.4, -0.2) is 57.1 Å². The highest BCUT2D eigenvalue weighted by atomic mass is 16.5. The van der Waals surface area contributed by atoms with Crippen LogP contribution in [0.25, 0.3) is 5.95 Å². The minimum atomic E-state index is -0.224. The Morgan fingerprint density at radius 3 is 2.93 bits per heavy atom. The second kappa shape index (κ2) is 10.7. The zero-order valence-corrected chi connectivity index (χ0v) is 17.7. The fourth-order valence-electron chi connectivity index (χ4n) is 3.67. The first kappa shape index (κ1) is 21.7. The molecule has 0 spiro atoms. The van der Waals surface area contributed by atoms with Gasteiger partial charge in [-0.3, -0.25) is 14.2 Å². The summed E-state index contributed by atoms with van der Waals surface area (Å²) in [6, 6.07) is 2.06. The number of amides is 1. The Hall–Kier alpha value is -2.97. The first-order valence-electron chi connectivity index (χ1n) is 10.6. The highest BCUT2D eigenvalue weighted by molar-refractivity contribution is 5.77. The molecule has 0 saturated carbocycles. The van der Waals surface area contributed by atoms with Crippen molar-refractivity contribution in [3.05, 3.63) is 30.5 Å². The summed E-state index contributed by atoms with van der Waals surface area (Å²) in [6.45, 7) is 5.45. The average Bonchev–Trinajstić information content (AvgIpc) is 3.26. The Balaban J connectivity index is 1.60. The van der Waals surface area contributed by atoms with Crippen molar-refractivity contribution in [2.45, 2.75) is 58.4 Å². The van der Waals surface area contributed by atoms with Gasteiger partial charge in [-0.05, 0) is 39.5 Å². The first-order valence-corrected chi connectivity index (χ1v) is 10.6. The number of aryl methyl sites for hydroxylation is 1. The number of carbonyl (C=O) groups is 2. The van der Waals surface area contributed by atoms with Gasteiger partial charge in [0.25, 0.3) is 0 Å². The molecule has 1 saturated heterocycles. The van der Waals surface area contributed by atoms with Crippen molar-refractivity contribution < 1.29 is 14.3 Å². The van der Waals surface area contributed by atoms with Crippen molar-refractivity contribution in [2.75, 3.05) is 24.6 Å². The second-order valence-electron chi connectivity index (χ2n) is 7.44. The Labute approximate surface area is 176 Å². The largest absolute Gasteiger partial charge is 0.466 e.